The minimum atomic E-state index is -0.264. The van der Waals surface area contributed by atoms with Crippen LogP contribution in [-0.2, 0) is 0 Å². The van der Waals surface area contributed by atoms with Gasteiger partial charge in [-0.25, -0.2) is 0 Å². The van der Waals surface area contributed by atoms with Crippen molar-refractivity contribution in [3.8, 4) is 6.07 Å². The van der Waals surface area contributed by atoms with E-state index in [-0.39, 0.29) is 12.1 Å². The van der Waals surface area contributed by atoms with Gasteiger partial charge in [0, 0.05) is 5.69 Å². The summed E-state index contributed by atoms with van der Waals surface area (Å²) < 4.78 is 0. The molecule has 3 heteroatoms. The van der Waals surface area contributed by atoms with E-state index in [1.54, 1.807) is 6.07 Å². The summed E-state index contributed by atoms with van der Waals surface area (Å²) in [6.45, 7) is 0. The molecule has 2 N–H and O–H groups in total. The molecule has 1 saturated carbocycles. The molecular weight excluding hydrogens is 200 g/mol. The number of anilines is 1. The zero-order chi connectivity index (χ0) is 11.4. The van der Waals surface area contributed by atoms with E-state index >= 15 is 0 Å². The first-order valence-electron chi connectivity index (χ1n) is 5.74. The molecule has 1 aliphatic carbocycles. The van der Waals surface area contributed by atoms with Gasteiger partial charge in [0.15, 0.2) is 0 Å². The van der Waals surface area contributed by atoms with Crippen molar-refractivity contribution < 1.29 is 5.11 Å². The van der Waals surface area contributed by atoms with E-state index in [1.807, 2.05) is 18.2 Å². The van der Waals surface area contributed by atoms with E-state index in [9.17, 15) is 5.11 Å². The van der Waals surface area contributed by atoms with Gasteiger partial charge in [-0.05, 0) is 31.0 Å². The SMILES string of the molecule is N#Cc1cccc(N[C@@H]2CCCC[C@H]2O)c1. The Bertz CT molecular complexity index is 397. The van der Waals surface area contributed by atoms with Crippen LogP contribution >= 0.6 is 0 Å². The van der Waals surface area contributed by atoms with Gasteiger partial charge in [0.05, 0.1) is 23.8 Å². The number of benzene rings is 1. The Morgan fingerprint density at radius 1 is 1.31 bits per heavy atom. The fraction of sp³-hybridized carbons (Fsp3) is 0.462. The number of aliphatic hydroxyl groups excluding tert-OH is 1. The smallest absolute Gasteiger partial charge is 0.0992 e. The van der Waals surface area contributed by atoms with Crippen molar-refractivity contribution in [2.45, 2.75) is 37.8 Å². The van der Waals surface area contributed by atoms with E-state index in [4.69, 9.17) is 5.26 Å². The van der Waals surface area contributed by atoms with Crippen LogP contribution < -0.4 is 5.32 Å². The molecule has 3 nitrogen and oxygen atoms in total. The first-order valence-corrected chi connectivity index (χ1v) is 5.74. The Morgan fingerprint density at radius 2 is 2.12 bits per heavy atom. The molecule has 1 aliphatic rings. The van der Waals surface area contributed by atoms with Gasteiger partial charge in [-0.15, -0.1) is 0 Å². The van der Waals surface area contributed by atoms with Gasteiger partial charge in [0.1, 0.15) is 0 Å². The Kier molecular flexibility index (Phi) is 3.43. The van der Waals surface area contributed by atoms with Crippen LogP contribution in [0.3, 0.4) is 0 Å². The van der Waals surface area contributed by atoms with Crippen LogP contribution in [0, 0.1) is 11.3 Å². The number of hydrogen-bond acceptors (Lipinski definition) is 3. The van der Waals surface area contributed by atoms with Crippen molar-refractivity contribution in [1.82, 2.24) is 0 Å². The van der Waals surface area contributed by atoms with Crippen LogP contribution in [0.2, 0.25) is 0 Å². The molecule has 2 atom stereocenters. The Morgan fingerprint density at radius 3 is 2.88 bits per heavy atom. The highest BCUT2D eigenvalue weighted by atomic mass is 16.3. The maximum atomic E-state index is 9.83. The summed E-state index contributed by atoms with van der Waals surface area (Å²) in [5, 5.41) is 21.9. The monoisotopic (exact) mass is 216 g/mol. The topological polar surface area (TPSA) is 56.0 Å². The summed E-state index contributed by atoms with van der Waals surface area (Å²) in [6, 6.07) is 9.63. The maximum absolute atomic E-state index is 9.83. The average molecular weight is 216 g/mol. The van der Waals surface area contributed by atoms with E-state index in [0.717, 1.165) is 31.4 Å². The molecule has 1 aromatic carbocycles. The number of rotatable bonds is 2. The quantitative estimate of drug-likeness (QED) is 0.797. The molecule has 16 heavy (non-hydrogen) atoms. The molecule has 0 unspecified atom stereocenters. The predicted molar refractivity (Wildman–Crippen MR) is 63.0 cm³/mol. The number of nitriles is 1. The minimum absolute atomic E-state index is 0.127. The van der Waals surface area contributed by atoms with Gasteiger partial charge in [-0.3, -0.25) is 0 Å². The van der Waals surface area contributed by atoms with Crippen molar-refractivity contribution in [2.24, 2.45) is 0 Å². The second-order valence-electron chi connectivity index (χ2n) is 4.30. The fourth-order valence-corrected chi connectivity index (χ4v) is 2.17. The van der Waals surface area contributed by atoms with Gasteiger partial charge in [-0.2, -0.15) is 5.26 Å². The second-order valence-corrected chi connectivity index (χ2v) is 4.30. The zero-order valence-corrected chi connectivity index (χ0v) is 9.19. The van der Waals surface area contributed by atoms with Crippen molar-refractivity contribution in [3.63, 3.8) is 0 Å². The lowest BCUT2D eigenvalue weighted by atomic mass is 9.92. The Hall–Kier alpha value is -1.53. The van der Waals surface area contributed by atoms with E-state index < -0.39 is 0 Å². The maximum Gasteiger partial charge on any atom is 0.0992 e. The molecule has 1 fully saturated rings. The third kappa shape index (κ3) is 2.53. The summed E-state index contributed by atoms with van der Waals surface area (Å²) in [5.41, 5.74) is 1.57. The van der Waals surface area contributed by atoms with E-state index in [0.29, 0.717) is 5.56 Å². The molecule has 84 valence electrons. The van der Waals surface area contributed by atoms with E-state index in [1.165, 1.54) is 0 Å². The molecule has 0 heterocycles. The van der Waals surface area contributed by atoms with Gasteiger partial charge < -0.3 is 10.4 Å². The average Bonchev–Trinajstić information content (AvgIpc) is 2.32. The first kappa shape index (κ1) is 11.0. The van der Waals surface area contributed by atoms with Crippen LogP contribution in [0.15, 0.2) is 24.3 Å². The summed E-state index contributed by atoms with van der Waals surface area (Å²) in [6.07, 6.45) is 3.87. The van der Waals surface area contributed by atoms with Crippen LogP contribution in [0.1, 0.15) is 31.2 Å². The Balaban J connectivity index is 2.05. The van der Waals surface area contributed by atoms with Crippen molar-refractivity contribution in [2.75, 3.05) is 5.32 Å². The molecule has 0 radical (unpaired) electrons. The van der Waals surface area contributed by atoms with Gasteiger partial charge in [-0.1, -0.05) is 18.9 Å². The molecule has 0 saturated heterocycles. The lowest BCUT2D eigenvalue weighted by Crippen LogP contribution is -2.36. The molecule has 2 rings (SSSR count). The normalized spacial score (nSPS) is 24.8. The van der Waals surface area contributed by atoms with Crippen molar-refractivity contribution >= 4 is 5.69 Å². The van der Waals surface area contributed by atoms with Gasteiger partial charge >= 0.3 is 0 Å². The number of hydrogen-bond donors (Lipinski definition) is 2. The highest BCUT2D eigenvalue weighted by Crippen LogP contribution is 2.22. The number of nitrogens with zero attached hydrogens (tertiary/aromatic N) is 1. The standard InChI is InChI=1S/C13H16N2O/c14-9-10-4-3-5-11(8-10)15-12-6-1-2-7-13(12)16/h3-5,8,12-13,15-16H,1-2,6-7H2/t12-,13-/m1/s1. The predicted octanol–water partition coefficient (Wildman–Crippen LogP) is 2.27. The third-order valence-corrected chi connectivity index (χ3v) is 3.07. The third-order valence-electron chi connectivity index (χ3n) is 3.07. The molecule has 0 bridgehead atoms. The van der Waals surface area contributed by atoms with Crippen molar-refractivity contribution in [3.05, 3.63) is 29.8 Å². The molecule has 1 aromatic rings. The van der Waals surface area contributed by atoms with Crippen LogP contribution in [-0.4, -0.2) is 17.3 Å². The number of aliphatic hydroxyl groups is 1. The molecule has 0 spiro atoms. The van der Waals surface area contributed by atoms with Gasteiger partial charge in [0.2, 0.25) is 0 Å². The van der Waals surface area contributed by atoms with Crippen molar-refractivity contribution in [1.29, 1.82) is 5.26 Å². The minimum Gasteiger partial charge on any atom is -0.391 e. The zero-order valence-electron chi connectivity index (χ0n) is 9.19. The summed E-state index contributed by atoms with van der Waals surface area (Å²) in [4.78, 5) is 0. The summed E-state index contributed by atoms with van der Waals surface area (Å²) >= 11 is 0. The lowest BCUT2D eigenvalue weighted by Gasteiger charge is -2.29. The molecule has 0 aromatic heterocycles. The second kappa shape index (κ2) is 5.00. The largest absolute Gasteiger partial charge is 0.391 e. The Labute approximate surface area is 95.7 Å². The van der Waals surface area contributed by atoms with Crippen LogP contribution in [0.4, 0.5) is 5.69 Å². The molecular formula is C13H16N2O. The fourth-order valence-electron chi connectivity index (χ4n) is 2.17. The molecule has 0 aliphatic heterocycles. The van der Waals surface area contributed by atoms with Crippen LogP contribution in [0.25, 0.3) is 0 Å². The highest BCUT2D eigenvalue weighted by molar-refractivity contribution is 5.49. The van der Waals surface area contributed by atoms with Gasteiger partial charge in [0.25, 0.3) is 0 Å². The lowest BCUT2D eigenvalue weighted by molar-refractivity contribution is 0.116. The molecule has 0 amide bonds. The summed E-state index contributed by atoms with van der Waals surface area (Å²) in [5.74, 6) is 0. The summed E-state index contributed by atoms with van der Waals surface area (Å²) in [7, 11) is 0. The van der Waals surface area contributed by atoms with Crippen LogP contribution in [0.5, 0.6) is 0 Å². The highest BCUT2D eigenvalue weighted by Gasteiger charge is 2.22. The van der Waals surface area contributed by atoms with E-state index in [2.05, 4.69) is 11.4 Å². The first-order chi connectivity index (χ1) is 7.79. The number of nitrogens with one attached hydrogen (secondary N) is 1.